The Morgan fingerprint density at radius 2 is 2.04 bits per heavy atom. The van der Waals surface area contributed by atoms with Crippen molar-refractivity contribution in [3.05, 3.63) is 63.9 Å². The van der Waals surface area contributed by atoms with Crippen LogP contribution in [0.3, 0.4) is 0 Å². The van der Waals surface area contributed by atoms with Gasteiger partial charge >= 0.3 is 0 Å². The molecule has 1 aromatic heterocycles. The third-order valence-corrected chi connectivity index (χ3v) is 4.84. The normalized spacial score (nSPS) is 15.4. The number of aromatic nitrogens is 3. The van der Waals surface area contributed by atoms with Crippen molar-refractivity contribution >= 4 is 34.2 Å². The van der Waals surface area contributed by atoms with Crippen LogP contribution in [0.5, 0.6) is 5.88 Å². The number of thiol groups is 1. The first-order chi connectivity index (χ1) is 12.2. The second-order valence-electron chi connectivity index (χ2n) is 5.73. The van der Waals surface area contributed by atoms with E-state index in [0.717, 1.165) is 26.9 Å². The van der Waals surface area contributed by atoms with Gasteiger partial charge in [-0.1, -0.05) is 40.2 Å². The van der Waals surface area contributed by atoms with Crippen LogP contribution in [-0.4, -0.2) is 15.2 Å². The fraction of sp³-hybridized carbons (Fsp3) is 0.167. The quantitative estimate of drug-likeness (QED) is 0.602. The zero-order valence-corrected chi connectivity index (χ0v) is 15.9. The summed E-state index contributed by atoms with van der Waals surface area (Å²) in [7, 11) is 0. The molecule has 2 aromatic carbocycles. The van der Waals surface area contributed by atoms with Crippen LogP contribution in [0.15, 0.2) is 46.9 Å². The summed E-state index contributed by atoms with van der Waals surface area (Å²) in [6.45, 7) is 2.06. The summed E-state index contributed by atoms with van der Waals surface area (Å²) in [5.74, 6) is 1.39. The Hall–Kier alpha value is -2.12. The van der Waals surface area contributed by atoms with E-state index in [9.17, 15) is 0 Å². The zero-order chi connectivity index (χ0) is 17.4. The zero-order valence-electron chi connectivity index (χ0n) is 13.4. The number of hydrogen-bond donors (Lipinski definition) is 2. The predicted molar refractivity (Wildman–Crippen MR) is 104 cm³/mol. The maximum Gasteiger partial charge on any atom is 0.246 e. The molecule has 0 bridgehead atoms. The van der Waals surface area contributed by atoms with Crippen LogP contribution >= 0.6 is 28.6 Å². The van der Waals surface area contributed by atoms with Gasteiger partial charge in [-0.3, -0.25) is 0 Å². The number of fused-ring (bicyclic) bond motifs is 3. The number of rotatable bonds is 2. The van der Waals surface area contributed by atoms with Gasteiger partial charge in [0.15, 0.2) is 17.7 Å². The van der Waals surface area contributed by atoms with E-state index in [-0.39, 0.29) is 6.23 Å². The van der Waals surface area contributed by atoms with Crippen molar-refractivity contribution in [2.45, 2.75) is 18.9 Å². The first-order valence-corrected chi connectivity index (χ1v) is 9.21. The summed E-state index contributed by atoms with van der Waals surface area (Å²) in [6.07, 6.45) is -0.369. The molecule has 0 radical (unpaired) electrons. The molecule has 5 nitrogen and oxygen atoms in total. The molecule has 3 aromatic rings. The van der Waals surface area contributed by atoms with Gasteiger partial charge in [0.05, 0.1) is 5.75 Å². The van der Waals surface area contributed by atoms with Crippen molar-refractivity contribution < 1.29 is 4.74 Å². The number of benzene rings is 2. The molecule has 1 atom stereocenters. The van der Waals surface area contributed by atoms with E-state index in [0.29, 0.717) is 23.2 Å². The summed E-state index contributed by atoms with van der Waals surface area (Å²) in [5, 5.41) is 11.9. The van der Waals surface area contributed by atoms with Gasteiger partial charge in [-0.15, -0.1) is 10.2 Å². The number of nitrogens with zero attached hydrogens (tertiary/aromatic N) is 3. The molecule has 0 spiro atoms. The smallest absolute Gasteiger partial charge is 0.246 e. The highest BCUT2D eigenvalue weighted by Gasteiger charge is 2.26. The topological polar surface area (TPSA) is 59.9 Å². The van der Waals surface area contributed by atoms with Gasteiger partial charge in [0.1, 0.15) is 0 Å². The van der Waals surface area contributed by atoms with Crippen LogP contribution in [0.4, 0.5) is 5.69 Å². The highest BCUT2D eigenvalue weighted by atomic mass is 79.9. The molecule has 1 aliphatic heterocycles. The lowest BCUT2D eigenvalue weighted by Gasteiger charge is -2.21. The number of aryl methyl sites for hydroxylation is 1. The Morgan fingerprint density at radius 3 is 2.84 bits per heavy atom. The van der Waals surface area contributed by atoms with Gasteiger partial charge in [0.25, 0.3) is 0 Å². The number of halogens is 1. The minimum Gasteiger partial charge on any atom is -0.448 e. The van der Waals surface area contributed by atoms with Crippen LogP contribution in [0.2, 0.25) is 0 Å². The van der Waals surface area contributed by atoms with Crippen molar-refractivity contribution in [2.75, 3.05) is 5.32 Å². The molecule has 2 heterocycles. The summed E-state index contributed by atoms with van der Waals surface area (Å²) >= 11 is 7.76. The Kier molecular flexibility index (Phi) is 4.35. The van der Waals surface area contributed by atoms with Gasteiger partial charge in [0, 0.05) is 21.3 Å². The van der Waals surface area contributed by atoms with Gasteiger partial charge < -0.3 is 10.1 Å². The molecule has 0 saturated heterocycles. The molecule has 1 aliphatic rings. The van der Waals surface area contributed by atoms with E-state index in [2.05, 4.69) is 62.0 Å². The highest BCUT2D eigenvalue weighted by Crippen LogP contribution is 2.40. The Bertz CT molecular complexity index is 950. The van der Waals surface area contributed by atoms with Crippen LogP contribution in [0.25, 0.3) is 11.3 Å². The Labute approximate surface area is 159 Å². The summed E-state index contributed by atoms with van der Waals surface area (Å²) in [4.78, 5) is 4.50. The minimum absolute atomic E-state index is 0.369. The SMILES string of the molecule is Cc1ccccc1C1Nc2ccc(Br)cc2-c2nnc(CS)nc2O1. The van der Waals surface area contributed by atoms with Gasteiger partial charge in [-0.05, 0) is 30.7 Å². The van der Waals surface area contributed by atoms with Crippen LogP contribution < -0.4 is 10.1 Å². The molecule has 1 N–H and O–H groups in total. The molecular weight excluding hydrogens is 400 g/mol. The Balaban J connectivity index is 1.90. The first kappa shape index (κ1) is 16.4. The fourth-order valence-corrected chi connectivity index (χ4v) is 3.30. The molecule has 0 amide bonds. The molecule has 0 saturated carbocycles. The van der Waals surface area contributed by atoms with Gasteiger partial charge in [0.2, 0.25) is 5.88 Å². The summed E-state index contributed by atoms with van der Waals surface area (Å²) < 4.78 is 7.17. The lowest BCUT2D eigenvalue weighted by atomic mass is 10.1. The van der Waals surface area contributed by atoms with E-state index in [1.807, 2.05) is 36.4 Å². The van der Waals surface area contributed by atoms with Crippen LogP contribution in [-0.2, 0) is 5.75 Å². The van der Waals surface area contributed by atoms with E-state index >= 15 is 0 Å². The molecule has 4 rings (SSSR count). The third kappa shape index (κ3) is 3.09. The van der Waals surface area contributed by atoms with E-state index < -0.39 is 0 Å². The molecule has 25 heavy (non-hydrogen) atoms. The van der Waals surface area contributed by atoms with Gasteiger partial charge in [-0.25, -0.2) is 0 Å². The summed E-state index contributed by atoms with van der Waals surface area (Å²) in [6, 6.07) is 14.1. The fourth-order valence-electron chi connectivity index (χ4n) is 2.80. The van der Waals surface area contributed by atoms with Crippen molar-refractivity contribution in [1.29, 1.82) is 0 Å². The highest BCUT2D eigenvalue weighted by molar-refractivity contribution is 9.10. The van der Waals surface area contributed by atoms with Crippen LogP contribution in [0.1, 0.15) is 23.2 Å². The second kappa shape index (κ2) is 6.65. The van der Waals surface area contributed by atoms with E-state index in [1.165, 1.54) is 0 Å². The lowest BCUT2D eigenvalue weighted by molar-refractivity contribution is 0.226. The number of hydrogen-bond acceptors (Lipinski definition) is 6. The minimum atomic E-state index is -0.369. The molecule has 126 valence electrons. The standard InChI is InChI=1S/C18H15BrN4OS/c1-10-4-2-3-5-12(10)17-20-14-7-6-11(19)8-13(14)16-18(24-17)21-15(9-25)22-23-16/h2-8,17,20,25H,9H2,1H3. The van der Waals surface area contributed by atoms with Crippen LogP contribution in [0, 0.1) is 6.92 Å². The molecule has 0 fully saturated rings. The second-order valence-corrected chi connectivity index (χ2v) is 6.96. The number of ether oxygens (including phenoxy) is 1. The molecule has 1 unspecified atom stereocenters. The van der Waals surface area contributed by atoms with Crippen molar-refractivity contribution in [2.24, 2.45) is 0 Å². The average Bonchev–Trinajstić information content (AvgIpc) is 2.78. The largest absolute Gasteiger partial charge is 0.448 e. The van der Waals surface area contributed by atoms with Crippen molar-refractivity contribution in [3.8, 4) is 17.1 Å². The van der Waals surface area contributed by atoms with Crippen molar-refractivity contribution in [3.63, 3.8) is 0 Å². The van der Waals surface area contributed by atoms with Gasteiger partial charge in [-0.2, -0.15) is 17.6 Å². The maximum atomic E-state index is 6.21. The lowest BCUT2D eigenvalue weighted by Crippen LogP contribution is -2.18. The summed E-state index contributed by atoms with van der Waals surface area (Å²) in [5.41, 5.74) is 4.62. The third-order valence-electron chi connectivity index (χ3n) is 4.06. The molecule has 0 aliphatic carbocycles. The van der Waals surface area contributed by atoms with Crippen molar-refractivity contribution in [1.82, 2.24) is 15.2 Å². The number of nitrogens with one attached hydrogen (secondary N) is 1. The average molecular weight is 415 g/mol. The van der Waals surface area contributed by atoms with E-state index in [1.54, 1.807) is 0 Å². The number of anilines is 1. The molecular formula is C18H15BrN4OS. The maximum absolute atomic E-state index is 6.21. The van der Waals surface area contributed by atoms with E-state index in [4.69, 9.17) is 4.74 Å². The first-order valence-electron chi connectivity index (χ1n) is 7.79. The monoisotopic (exact) mass is 414 g/mol. The predicted octanol–water partition coefficient (Wildman–Crippen LogP) is 4.54. The molecule has 7 heteroatoms. The Morgan fingerprint density at radius 1 is 1.20 bits per heavy atom.